The predicted molar refractivity (Wildman–Crippen MR) is 57.5 cm³/mol. The molecule has 0 aromatic rings. The third-order valence-corrected chi connectivity index (χ3v) is 3.17. The monoisotopic (exact) mass is 225 g/mol. The normalized spacial score (nSPS) is 24.1. The predicted octanol–water partition coefficient (Wildman–Crippen LogP) is 0.199. The van der Waals surface area contributed by atoms with Gasteiger partial charge in [-0.25, -0.2) is 5.43 Å². The maximum atomic E-state index is 11.8. The Kier molecular flexibility index (Phi) is 4.04. The van der Waals surface area contributed by atoms with Crippen LogP contribution in [0.2, 0.25) is 0 Å². The number of hydrogen-bond acceptors (Lipinski definition) is 4. The van der Waals surface area contributed by atoms with Gasteiger partial charge in [0.15, 0.2) is 0 Å². The van der Waals surface area contributed by atoms with E-state index >= 15 is 0 Å². The Balaban J connectivity index is 2.79. The lowest BCUT2D eigenvalue weighted by atomic mass is 9.75. The van der Waals surface area contributed by atoms with Crippen LogP contribution in [0.25, 0.3) is 0 Å². The summed E-state index contributed by atoms with van der Waals surface area (Å²) in [6.07, 6.45) is 2.67. The van der Waals surface area contributed by atoms with Gasteiger partial charge in [0.1, 0.15) is 0 Å². The van der Waals surface area contributed by atoms with E-state index < -0.39 is 11.4 Å². The molecule has 0 spiro atoms. The summed E-state index contributed by atoms with van der Waals surface area (Å²) in [6, 6.07) is 0. The molecule has 1 aliphatic heterocycles. The van der Waals surface area contributed by atoms with E-state index in [4.69, 9.17) is 0 Å². The van der Waals surface area contributed by atoms with Crippen LogP contribution in [-0.2, 0) is 9.59 Å². The third kappa shape index (κ3) is 2.40. The molecule has 1 heterocycles. The van der Waals surface area contributed by atoms with Gasteiger partial charge in [-0.15, -0.1) is 0 Å². The number of carboxylic acid groups (broad SMARTS) is 1. The first kappa shape index (κ1) is 12.7. The molecule has 0 radical (unpaired) electrons. The maximum absolute atomic E-state index is 11.8. The standard InChI is InChI=1S/C11H18N2O3/c1-3-4-6-11(7-5-9(14)15)8(2)12-13-10(11)16/h3-7H2,1-2H3,(H,13,16)(H,14,15)/p-1/t11-/m0/s1. The molecule has 0 unspecified atom stereocenters. The van der Waals surface area contributed by atoms with Crippen molar-refractivity contribution < 1.29 is 14.7 Å². The lowest BCUT2D eigenvalue weighted by Gasteiger charge is -2.26. The summed E-state index contributed by atoms with van der Waals surface area (Å²) in [4.78, 5) is 22.3. The molecular formula is C11H17N2O3-. The van der Waals surface area contributed by atoms with Crippen LogP contribution in [0.4, 0.5) is 0 Å². The van der Waals surface area contributed by atoms with Crippen molar-refractivity contribution in [1.82, 2.24) is 5.43 Å². The number of carbonyl (C=O) groups excluding carboxylic acids is 2. The number of aliphatic carboxylic acids is 1. The summed E-state index contributed by atoms with van der Waals surface area (Å²) in [5.41, 5.74) is 2.39. The van der Waals surface area contributed by atoms with E-state index in [9.17, 15) is 14.7 Å². The Labute approximate surface area is 94.9 Å². The number of nitrogens with one attached hydrogen (secondary N) is 1. The van der Waals surface area contributed by atoms with Crippen LogP contribution in [0.3, 0.4) is 0 Å². The van der Waals surface area contributed by atoms with Gasteiger partial charge >= 0.3 is 0 Å². The molecule has 1 amide bonds. The minimum absolute atomic E-state index is 0.107. The first-order chi connectivity index (χ1) is 7.53. The van der Waals surface area contributed by atoms with Gasteiger partial charge in [-0.2, -0.15) is 5.10 Å². The second-order valence-corrected chi connectivity index (χ2v) is 4.20. The first-order valence-corrected chi connectivity index (χ1v) is 5.58. The van der Waals surface area contributed by atoms with E-state index in [1.54, 1.807) is 6.92 Å². The fourth-order valence-corrected chi connectivity index (χ4v) is 2.02. The number of amides is 1. The van der Waals surface area contributed by atoms with Crippen LogP contribution in [0.1, 0.15) is 46.0 Å². The number of unbranched alkanes of at least 4 members (excludes halogenated alkanes) is 1. The molecule has 0 aromatic carbocycles. The molecular weight excluding hydrogens is 208 g/mol. The van der Waals surface area contributed by atoms with Gasteiger partial charge in [0.2, 0.25) is 0 Å². The van der Waals surface area contributed by atoms with Crippen LogP contribution in [0, 0.1) is 5.41 Å². The highest BCUT2D eigenvalue weighted by molar-refractivity contribution is 6.11. The molecule has 0 aromatic heterocycles. The molecule has 16 heavy (non-hydrogen) atoms. The molecule has 1 atom stereocenters. The molecule has 0 bridgehead atoms. The SMILES string of the molecule is CCCC[C@@]1(CCC(=O)[O-])C(=O)NN=C1C. The highest BCUT2D eigenvalue weighted by Gasteiger charge is 2.43. The van der Waals surface area contributed by atoms with Gasteiger partial charge in [0.05, 0.1) is 11.1 Å². The average Bonchev–Trinajstić information content (AvgIpc) is 2.51. The number of nitrogens with zero attached hydrogens (tertiary/aromatic N) is 1. The smallest absolute Gasteiger partial charge is 0.252 e. The maximum Gasteiger partial charge on any atom is 0.252 e. The van der Waals surface area contributed by atoms with E-state index in [0.29, 0.717) is 12.1 Å². The van der Waals surface area contributed by atoms with Crippen molar-refractivity contribution in [2.24, 2.45) is 10.5 Å². The van der Waals surface area contributed by atoms with Crippen LogP contribution in [0.15, 0.2) is 5.10 Å². The molecule has 1 aliphatic rings. The number of hydrogen-bond donors (Lipinski definition) is 1. The zero-order valence-corrected chi connectivity index (χ0v) is 9.71. The summed E-state index contributed by atoms with van der Waals surface area (Å²) in [5, 5.41) is 14.4. The van der Waals surface area contributed by atoms with Crippen molar-refractivity contribution in [3.63, 3.8) is 0 Å². The lowest BCUT2D eigenvalue weighted by molar-refractivity contribution is -0.306. The molecule has 0 saturated carbocycles. The van der Waals surface area contributed by atoms with Crippen molar-refractivity contribution >= 4 is 17.6 Å². The average molecular weight is 225 g/mol. The zero-order valence-electron chi connectivity index (χ0n) is 9.71. The molecule has 0 saturated heterocycles. The van der Waals surface area contributed by atoms with Gasteiger partial charge in [-0.3, -0.25) is 4.79 Å². The molecule has 5 nitrogen and oxygen atoms in total. The number of rotatable bonds is 6. The topological polar surface area (TPSA) is 81.6 Å². The Morgan fingerprint density at radius 2 is 2.19 bits per heavy atom. The van der Waals surface area contributed by atoms with Crippen LogP contribution in [-0.4, -0.2) is 17.6 Å². The number of carboxylic acids is 1. The van der Waals surface area contributed by atoms with Crippen LogP contribution < -0.4 is 10.5 Å². The Morgan fingerprint density at radius 1 is 1.50 bits per heavy atom. The first-order valence-electron chi connectivity index (χ1n) is 5.58. The minimum atomic E-state index is -1.12. The fraction of sp³-hybridized carbons (Fsp3) is 0.727. The molecule has 90 valence electrons. The van der Waals surface area contributed by atoms with Gasteiger partial charge in [-0.1, -0.05) is 19.8 Å². The molecule has 1 N–H and O–H groups in total. The minimum Gasteiger partial charge on any atom is -0.550 e. The molecule has 0 aliphatic carbocycles. The quantitative estimate of drug-likeness (QED) is 0.701. The molecule has 1 rings (SSSR count). The zero-order chi connectivity index (χ0) is 12.2. The Hall–Kier alpha value is -1.39. The highest BCUT2D eigenvalue weighted by Crippen LogP contribution is 2.35. The Morgan fingerprint density at radius 3 is 2.62 bits per heavy atom. The van der Waals surface area contributed by atoms with Gasteiger partial charge < -0.3 is 9.90 Å². The Bertz CT molecular complexity index is 325. The second-order valence-electron chi connectivity index (χ2n) is 4.20. The van der Waals surface area contributed by atoms with Gasteiger partial charge in [0, 0.05) is 5.97 Å². The summed E-state index contributed by atoms with van der Waals surface area (Å²) < 4.78 is 0. The van der Waals surface area contributed by atoms with E-state index in [1.807, 2.05) is 6.92 Å². The number of carbonyl (C=O) groups is 2. The van der Waals surface area contributed by atoms with Gasteiger partial charge in [0.25, 0.3) is 5.91 Å². The third-order valence-electron chi connectivity index (χ3n) is 3.17. The summed E-state index contributed by atoms with van der Waals surface area (Å²) >= 11 is 0. The van der Waals surface area contributed by atoms with Crippen molar-refractivity contribution in [3.05, 3.63) is 0 Å². The lowest BCUT2D eigenvalue weighted by Crippen LogP contribution is -2.39. The number of hydrazone groups is 1. The van der Waals surface area contributed by atoms with Crippen LogP contribution >= 0.6 is 0 Å². The van der Waals surface area contributed by atoms with Gasteiger partial charge in [-0.05, 0) is 26.2 Å². The van der Waals surface area contributed by atoms with E-state index in [0.717, 1.165) is 12.8 Å². The highest BCUT2D eigenvalue weighted by atomic mass is 16.4. The summed E-state index contributed by atoms with van der Waals surface area (Å²) in [5.74, 6) is -1.30. The summed E-state index contributed by atoms with van der Waals surface area (Å²) in [6.45, 7) is 3.80. The van der Waals surface area contributed by atoms with E-state index in [1.165, 1.54) is 0 Å². The van der Waals surface area contributed by atoms with E-state index in [-0.39, 0.29) is 18.7 Å². The summed E-state index contributed by atoms with van der Waals surface area (Å²) in [7, 11) is 0. The van der Waals surface area contributed by atoms with Crippen molar-refractivity contribution in [1.29, 1.82) is 0 Å². The molecule has 0 fully saturated rings. The van der Waals surface area contributed by atoms with E-state index in [2.05, 4.69) is 10.5 Å². The largest absolute Gasteiger partial charge is 0.550 e. The van der Waals surface area contributed by atoms with Crippen molar-refractivity contribution in [2.45, 2.75) is 46.0 Å². The van der Waals surface area contributed by atoms with Crippen molar-refractivity contribution in [2.75, 3.05) is 0 Å². The fourth-order valence-electron chi connectivity index (χ4n) is 2.02. The molecule has 5 heteroatoms. The van der Waals surface area contributed by atoms with Crippen LogP contribution in [0.5, 0.6) is 0 Å². The second kappa shape index (κ2) is 5.09. The van der Waals surface area contributed by atoms with Crippen molar-refractivity contribution in [3.8, 4) is 0 Å².